The quantitative estimate of drug-likeness (QED) is 0.0359. The van der Waals surface area contributed by atoms with Crippen LogP contribution in [0, 0.1) is 47.3 Å². The van der Waals surface area contributed by atoms with Crippen molar-refractivity contribution in [3.05, 3.63) is 71.8 Å². The summed E-state index contributed by atoms with van der Waals surface area (Å²) in [5.41, 5.74) is 13.3. The fourth-order valence-electron chi connectivity index (χ4n) is 14.7. The molecular formula is C87H141N17O20. The van der Waals surface area contributed by atoms with E-state index in [9.17, 15) is 92.3 Å². The smallest absolute Gasteiger partial charge is 0.246 e. The van der Waals surface area contributed by atoms with Gasteiger partial charge in [-0.2, -0.15) is 0 Å². The second-order valence-electron chi connectivity index (χ2n) is 34.9. The number of likely N-dealkylation sites (tertiary alicyclic amines) is 2. The van der Waals surface area contributed by atoms with Crippen LogP contribution >= 0.6 is 0 Å². The van der Waals surface area contributed by atoms with Gasteiger partial charge in [-0.25, -0.2) is 0 Å². The maximum absolute atomic E-state index is 15.1. The third kappa shape index (κ3) is 33.0. The summed E-state index contributed by atoms with van der Waals surface area (Å²) in [6, 6.07) is -3.79. The zero-order valence-electron chi connectivity index (χ0n) is 74.9. The number of hydrogen-bond donors (Lipinski definition) is 19. The standard InChI is InChI=1S/C87H141N17O20/c1-17-51(14)69(84(121)97-64(44-107)79(116)95-62(42-105)77(114)90-57(72(89)109)36-46(4)5)100-75(112)58(37-47(6)7)92-78(115)63(43-106)96-80(117)65(45-108)98-85(122)70(52(15)18-2)101-83(120)68(50(12)13)99-82(119)67-33-27-35-104(67)87(124)71(53(16)19-3)102-76(113)59(38-48(8)9)91-74(111)60(41-55-30-24-21-25-31-55)93-81(118)66-32-26-34-103(66)86(123)61(39-49(10)11)94-73(110)56(88)40-54-28-22-20-23-29-54/h20-25,28-31,46-53,56-71,105-108H,17-19,26-27,32-45,88H2,1-16H3,(H2,89,109)(H,90,114)(H,91,111)(H,92,115)(H,93,118)(H,94,110)(H,95,116)(H,96,117)(H,97,121)(H,98,122)(H,99,119)(H,100,112)(H,101,120)(H,102,113)/t51-,52-,53-,56-,57-,58-,59-,60-,61-,62-,63-,64-,65-,66-,67-,68-,69-,70-,71-/m0/s1. The van der Waals surface area contributed by atoms with Gasteiger partial charge >= 0.3 is 0 Å². The van der Waals surface area contributed by atoms with Crippen molar-refractivity contribution in [3.63, 3.8) is 0 Å². The summed E-state index contributed by atoms with van der Waals surface area (Å²) in [7, 11) is 0. The normalized spacial score (nSPS) is 18.1. The van der Waals surface area contributed by atoms with Crippen molar-refractivity contribution in [2.75, 3.05) is 39.5 Å². The molecule has 0 unspecified atom stereocenters. The number of nitrogens with zero attached hydrogens (tertiary/aromatic N) is 2. The van der Waals surface area contributed by atoms with E-state index >= 15 is 4.79 Å². The molecule has 2 saturated heterocycles. The molecular weight excluding hydrogens is 1600 g/mol. The Morgan fingerprint density at radius 2 is 0.637 bits per heavy atom. The molecule has 16 amide bonds. The van der Waals surface area contributed by atoms with Gasteiger partial charge < -0.3 is 111 Å². The number of primary amides is 1. The first kappa shape index (κ1) is 106. The summed E-state index contributed by atoms with van der Waals surface area (Å²) in [5.74, 6) is -16.7. The Balaban J connectivity index is 1.48. The summed E-state index contributed by atoms with van der Waals surface area (Å²) < 4.78 is 0. The molecule has 2 aromatic carbocycles. The number of carbonyl (C=O) groups is 16. The number of rotatable bonds is 52. The Morgan fingerprint density at radius 1 is 0.339 bits per heavy atom. The van der Waals surface area contributed by atoms with Crippen LogP contribution in [0.15, 0.2) is 60.7 Å². The van der Waals surface area contributed by atoms with E-state index in [4.69, 9.17) is 11.5 Å². The molecule has 21 N–H and O–H groups in total. The van der Waals surface area contributed by atoms with Gasteiger partial charge in [0.05, 0.1) is 32.5 Å². The molecule has 37 nitrogen and oxygen atoms in total. The highest BCUT2D eigenvalue weighted by Gasteiger charge is 2.45. The molecule has 0 bridgehead atoms. The highest BCUT2D eigenvalue weighted by atomic mass is 16.3. The van der Waals surface area contributed by atoms with E-state index in [0.29, 0.717) is 24.8 Å². The van der Waals surface area contributed by atoms with Crippen molar-refractivity contribution in [2.24, 2.45) is 58.8 Å². The van der Waals surface area contributed by atoms with Crippen molar-refractivity contribution < 1.29 is 97.1 Å². The molecule has 0 aromatic heterocycles. The van der Waals surface area contributed by atoms with E-state index < -0.39 is 241 Å². The highest BCUT2D eigenvalue weighted by molar-refractivity contribution is 6.01. The Labute approximate surface area is 728 Å². The molecule has 0 spiro atoms. The maximum atomic E-state index is 15.1. The first-order valence-corrected chi connectivity index (χ1v) is 43.6. The molecule has 2 aromatic rings. The van der Waals surface area contributed by atoms with Crippen LogP contribution in [0.4, 0.5) is 0 Å². The van der Waals surface area contributed by atoms with Gasteiger partial charge in [0.15, 0.2) is 0 Å². The zero-order chi connectivity index (χ0) is 93.1. The number of benzene rings is 2. The van der Waals surface area contributed by atoms with E-state index in [2.05, 4.69) is 69.1 Å². The average Bonchev–Trinajstić information content (AvgIpc) is 1.58. The van der Waals surface area contributed by atoms with Crippen molar-refractivity contribution in [2.45, 2.75) is 291 Å². The molecule has 2 fully saturated rings. The van der Waals surface area contributed by atoms with E-state index in [1.54, 1.807) is 106 Å². The molecule has 37 heteroatoms. The lowest BCUT2D eigenvalue weighted by Gasteiger charge is -2.34. The fourth-order valence-corrected chi connectivity index (χ4v) is 14.7. The summed E-state index contributed by atoms with van der Waals surface area (Å²) in [6.07, 6.45) is 2.68. The number of aliphatic hydroxyl groups excluding tert-OH is 4. The first-order valence-electron chi connectivity index (χ1n) is 43.6. The number of nitrogens with two attached hydrogens (primary N) is 2. The molecule has 2 aliphatic heterocycles. The second kappa shape index (κ2) is 52.5. The lowest BCUT2D eigenvalue weighted by atomic mass is 9.95. The van der Waals surface area contributed by atoms with E-state index in [0.717, 1.165) is 5.56 Å². The third-order valence-corrected chi connectivity index (χ3v) is 22.5. The van der Waals surface area contributed by atoms with Crippen LogP contribution in [0.25, 0.3) is 0 Å². The van der Waals surface area contributed by atoms with Gasteiger partial charge in [-0.1, -0.05) is 191 Å². The van der Waals surface area contributed by atoms with Gasteiger partial charge in [0, 0.05) is 19.5 Å². The van der Waals surface area contributed by atoms with Crippen LogP contribution < -0.4 is 80.6 Å². The van der Waals surface area contributed by atoms with Gasteiger partial charge in [-0.05, 0) is 116 Å². The van der Waals surface area contributed by atoms with Crippen molar-refractivity contribution in [1.82, 2.24) is 78.9 Å². The number of amides is 16. The predicted octanol–water partition coefficient (Wildman–Crippen LogP) is -1.48. The maximum Gasteiger partial charge on any atom is 0.246 e. The van der Waals surface area contributed by atoms with E-state index in [1.807, 2.05) is 65.0 Å². The Morgan fingerprint density at radius 3 is 1.02 bits per heavy atom. The predicted molar refractivity (Wildman–Crippen MR) is 461 cm³/mol. The minimum absolute atomic E-state index is 0.0246. The van der Waals surface area contributed by atoms with Crippen molar-refractivity contribution in [1.29, 1.82) is 0 Å². The van der Waals surface area contributed by atoms with Crippen LogP contribution in [0.5, 0.6) is 0 Å². The van der Waals surface area contributed by atoms with Crippen LogP contribution in [0.1, 0.15) is 193 Å². The molecule has 2 aliphatic rings. The second-order valence-corrected chi connectivity index (χ2v) is 34.9. The Kier molecular flexibility index (Phi) is 44.9. The van der Waals surface area contributed by atoms with Crippen molar-refractivity contribution >= 4 is 94.5 Å². The number of carbonyl (C=O) groups excluding carboxylic acids is 16. The van der Waals surface area contributed by atoms with E-state index in [1.165, 1.54) is 9.80 Å². The van der Waals surface area contributed by atoms with Crippen LogP contribution in [-0.2, 0) is 89.6 Å². The molecule has 0 saturated carbocycles. The first-order chi connectivity index (χ1) is 58.5. The van der Waals surface area contributed by atoms with Gasteiger partial charge in [-0.3, -0.25) is 76.7 Å². The van der Waals surface area contributed by atoms with Crippen molar-refractivity contribution in [3.8, 4) is 0 Å². The fraction of sp³-hybridized carbons (Fsp3) is 0.678. The SMILES string of the molecule is CC[C@H](C)[C@H](NC(=O)[C@H](CC(C)C)NC(=O)[C@H](CO)NC(=O)[C@H](CO)NC(=O)[C@@H](NC(=O)[C@@H](NC(=O)[C@@H]1CCCN1C(=O)[C@@H](NC(=O)[C@H](CC(C)C)NC(=O)[C@H](Cc1ccccc1)NC(=O)[C@@H]1CCCN1C(=O)[C@H](CC(C)C)NC(=O)[C@@H](N)Cc1ccccc1)[C@@H](C)CC)C(C)C)[C@@H](C)CC)C(=O)N[C@@H](CO)C(=O)N[C@@H](CO)C(=O)N[C@@H](CC(C)C)C(N)=O. The van der Waals surface area contributed by atoms with Crippen LogP contribution in [-0.4, -0.2) is 261 Å². The van der Waals surface area contributed by atoms with Crippen LogP contribution in [0.2, 0.25) is 0 Å². The Bertz CT molecular complexity index is 3880. The summed E-state index contributed by atoms with van der Waals surface area (Å²) in [4.78, 5) is 228. The van der Waals surface area contributed by atoms with Gasteiger partial charge in [0.1, 0.15) is 90.6 Å². The molecule has 4 rings (SSSR count). The minimum atomic E-state index is -1.84. The lowest BCUT2D eigenvalue weighted by Crippen LogP contribution is -2.63. The molecule has 694 valence electrons. The summed E-state index contributed by atoms with van der Waals surface area (Å²) >= 11 is 0. The molecule has 124 heavy (non-hydrogen) atoms. The average molecular weight is 1750 g/mol. The summed E-state index contributed by atoms with van der Waals surface area (Å²) in [5, 5.41) is 75.0. The number of nitrogens with one attached hydrogen (secondary N) is 13. The largest absolute Gasteiger partial charge is 0.394 e. The monoisotopic (exact) mass is 1740 g/mol. The third-order valence-electron chi connectivity index (χ3n) is 22.5. The van der Waals surface area contributed by atoms with Gasteiger partial charge in [-0.15, -0.1) is 0 Å². The molecule has 19 atom stereocenters. The lowest BCUT2D eigenvalue weighted by molar-refractivity contribution is -0.144. The molecule has 0 aliphatic carbocycles. The van der Waals surface area contributed by atoms with Gasteiger partial charge in [0.2, 0.25) is 94.5 Å². The zero-order valence-corrected chi connectivity index (χ0v) is 74.9. The summed E-state index contributed by atoms with van der Waals surface area (Å²) in [6.45, 7) is 24.0. The van der Waals surface area contributed by atoms with E-state index in [-0.39, 0.29) is 101 Å². The number of aliphatic hydroxyl groups is 4. The molecule has 2 heterocycles. The van der Waals surface area contributed by atoms with Crippen LogP contribution in [0.3, 0.4) is 0 Å². The highest BCUT2D eigenvalue weighted by Crippen LogP contribution is 2.26. The van der Waals surface area contributed by atoms with Gasteiger partial charge in [0.25, 0.3) is 0 Å². The topological polar surface area (TPSA) is 569 Å². The number of hydrogen-bond acceptors (Lipinski definition) is 21. The Hall–Kier alpha value is -10.2. The molecule has 0 radical (unpaired) electrons. The minimum Gasteiger partial charge on any atom is -0.394 e.